The van der Waals surface area contributed by atoms with Gasteiger partial charge in [-0.25, -0.2) is 22.2 Å². The monoisotopic (exact) mass is 444 g/mol. The van der Waals surface area contributed by atoms with Crippen molar-refractivity contribution in [2.45, 2.75) is 31.9 Å². The van der Waals surface area contributed by atoms with E-state index in [1.807, 2.05) is 0 Å². The fraction of sp³-hybridized carbons (Fsp3) is 0.444. The molecule has 0 aliphatic carbocycles. The first-order chi connectivity index (χ1) is 13.7. The van der Waals surface area contributed by atoms with Crippen molar-refractivity contribution in [3.05, 3.63) is 41.0 Å². The predicted octanol–water partition coefficient (Wildman–Crippen LogP) is 4.01. The molecule has 0 aromatic carbocycles. The average molecular weight is 445 g/mol. The fourth-order valence-electron chi connectivity index (χ4n) is 3.56. The number of fused-ring (bicyclic) bond motifs is 1. The molecule has 0 unspecified atom stereocenters. The number of aromatic nitrogens is 3. The number of thiophene rings is 1. The normalized spacial score (nSPS) is 19.1. The molecule has 0 spiro atoms. The molecule has 0 saturated carbocycles. The summed E-state index contributed by atoms with van der Waals surface area (Å²) in [5.41, 5.74) is -0.118. The minimum Gasteiger partial charge on any atom is -0.228 e. The van der Waals surface area contributed by atoms with Crippen LogP contribution in [-0.4, -0.2) is 46.2 Å². The first-order valence-corrected chi connectivity index (χ1v) is 11.7. The van der Waals surface area contributed by atoms with Crippen molar-refractivity contribution in [3.63, 3.8) is 0 Å². The van der Waals surface area contributed by atoms with Crippen molar-refractivity contribution >= 4 is 27.0 Å². The van der Waals surface area contributed by atoms with Crippen LogP contribution in [0.2, 0.25) is 0 Å². The Bertz CT molecular complexity index is 1120. The Labute approximate surface area is 170 Å². The second-order valence-corrected chi connectivity index (χ2v) is 10.1. The number of rotatable bonds is 4. The van der Waals surface area contributed by atoms with Crippen molar-refractivity contribution < 1.29 is 21.6 Å². The molecule has 11 heteroatoms. The standard InChI is InChI=1S/C18H19F3N4O2S2/c1-2-29(26,27)24-7-3-5-12(11-24)13-10-17-22-14(15-6-4-8-28-15)9-16(18(19,20)21)25(17)23-13/h4,6,8-10,12H,2-3,5,7,11H2,1H3/t12-/m1/s1. The van der Waals surface area contributed by atoms with Gasteiger partial charge in [-0.15, -0.1) is 11.3 Å². The average Bonchev–Trinajstić information content (AvgIpc) is 3.36. The van der Waals surface area contributed by atoms with Crippen LogP contribution < -0.4 is 0 Å². The molecule has 1 fully saturated rings. The van der Waals surface area contributed by atoms with E-state index in [9.17, 15) is 21.6 Å². The number of hydrogen-bond donors (Lipinski definition) is 0. The Balaban J connectivity index is 1.77. The summed E-state index contributed by atoms with van der Waals surface area (Å²) in [7, 11) is -3.36. The summed E-state index contributed by atoms with van der Waals surface area (Å²) in [6.45, 7) is 2.23. The number of nitrogens with zero attached hydrogens (tertiary/aromatic N) is 4. The van der Waals surface area contributed by atoms with E-state index in [2.05, 4.69) is 10.1 Å². The van der Waals surface area contributed by atoms with Gasteiger partial charge in [-0.2, -0.15) is 18.3 Å². The maximum Gasteiger partial charge on any atom is 0.433 e. The molecule has 1 aliphatic heterocycles. The van der Waals surface area contributed by atoms with Gasteiger partial charge >= 0.3 is 6.18 Å². The lowest BCUT2D eigenvalue weighted by Gasteiger charge is -2.30. The van der Waals surface area contributed by atoms with Crippen LogP contribution in [0, 0.1) is 0 Å². The number of alkyl halides is 3. The lowest BCUT2D eigenvalue weighted by Crippen LogP contribution is -2.40. The van der Waals surface area contributed by atoms with Crippen molar-refractivity contribution in [2.24, 2.45) is 0 Å². The first kappa shape index (κ1) is 20.3. The molecule has 156 valence electrons. The Kier molecular flexibility index (Phi) is 5.16. The summed E-state index contributed by atoms with van der Waals surface area (Å²) >= 11 is 1.31. The maximum atomic E-state index is 13.7. The molecular formula is C18H19F3N4O2S2. The summed E-state index contributed by atoms with van der Waals surface area (Å²) in [5, 5.41) is 5.96. The van der Waals surface area contributed by atoms with E-state index in [0.717, 1.165) is 10.6 Å². The van der Waals surface area contributed by atoms with Gasteiger partial charge in [-0.1, -0.05) is 6.07 Å². The molecule has 0 N–H and O–H groups in total. The number of hydrogen-bond acceptors (Lipinski definition) is 5. The zero-order valence-electron chi connectivity index (χ0n) is 15.6. The molecule has 0 bridgehead atoms. The van der Waals surface area contributed by atoms with Crippen molar-refractivity contribution in [1.29, 1.82) is 0 Å². The highest BCUT2D eigenvalue weighted by Gasteiger charge is 2.36. The van der Waals surface area contributed by atoms with Crippen LogP contribution in [0.4, 0.5) is 13.2 Å². The first-order valence-electron chi connectivity index (χ1n) is 9.18. The zero-order valence-corrected chi connectivity index (χ0v) is 17.2. The zero-order chi connectivity index (χ0) is 20.8. The third-order valence-corrected chi connectivity index (χ3v) is 7.81. The molecule has 1 atom stereocenters. The van der Waals surface area contributed by atoms with Gasteiger partial charge in [0.05, 0.1) is 22.0 Å². The lowest BCUT2D eigenvalue weighted by molar-refractivity contribution is -0.142. The Morgan fingerprint density at radius 3 is 2.76 bits per heavy atom. The van der Waals surface area contributed by atoms with Crippen molar-refractivity contribution in [3.8, 4) is 10.6 Å². The molecule has 0 radical (unpaired) electrons. The van der Waals surface area contributed by atoms with Gasteiger partial charge in [0.25, 0.3) is 0 Å². The molecule has 3 aromatic heterocycles. The third kappa shape index (κ3) is 3.90. The van der Waals surface area contributed by atoms with Gasteiger partial charge < -0.3 is 0 Å². The van der Waals surface area contributed by atoms with Crippen LogP contribution in [0.5, 0.6) is 0 Å². The van der Waals surface area contributed by atoms with Crippen LogP contribution in [0.1, 0.15) is 37.1 Å². The Morgan fingerprint density at radius 1 is 1.31 bits per heavy atom. The molecule has 1 saturated heterocycles. The summed E-state index contributed by atoms with van der Waals surface area (Å²) in [6, 6.07) is 6.02. The van der Waals surface area contributed by atoms with E-state index in [0.29, 0.717) is 30.0 Å². The summed E-state index contributed by atoms with van der Waals surface area (Å²) in [6.07, 6.45) is -3.29. The minimum atomic E-state index is -4.60. The van der Waals surface area contributed by atoms with Crippen molar-refractivity contribution in [1.82, 2.24) is 18.9 Å². The van der Waals surface area contributed by atoms with E-state index in [4.69, 9.17) is 0 Å². The minimum absolute atomic E-state index is 0.00512. The van der Waals surface area contributed by atoms with Crippen molar-refractivity contribution in [2.75, 3.05) is 18.8 Å². The summed E-state index contributed by atoms with van der Waals surface area (Å²) in [4.78, 5) is 5.01. The smallest absolute Gasteiger partial charge is 0.228 e. The predicted molar refractivity (Wildman–Crippen MR) is 104 cm³/mol. The molecule has 0 amide bonds. The van der Waals surface area contributed by atoms with E-state index in [1.165, 1.54) is 15.6 Å². The molecular weight excluding hydrogens is 425 g/mol. The van der Waals surface area contributed by atoms with Gasteiger partial charge in [0.1, 0.15) is 0 Å². The van der Waals surface area contributed by atoms with Gasteiger partial charge in [0.15, 0.2) is 11.3 Å². The van der Waals surface area contributed by atoms with E-state index < -0.39 is 21.9 Å². The Hall–Kier alpha value is -1.98. The number of piperidine rings is 1. The lowest BCUT2D eigenvalue weighted by atomic mass is 9.96. The van der Waals surface area contributed by atoms with E-state index in [-0.39, 0.29) is 29.6 Å². The second kappa shape index (κ2) is 7.37. The molecule has 4 rings (SSSR count). The SMILES string of the molecule is CCS(=O)(=O)N1CCC[C@@H](c2cc3nc(-c4cccs4)cc(C(F)(F)F)n3n2)C1. The third-order valence-electron chi connectivity index (χ3n) is 5.07. The van der Waals surface area contributed by atoms with Crippen LogP contribution in [0.15, 0.2) is 29.6 Å². The van der Waals surface area contributed by atoms with E-state index >= 15 is 0 Å². The summed E-state index contributed by atoms with van der Waals surface area (Å²) in [5.74, 6) is -0.271. The highest BCUT2D eigenvalue weighted by molar-refractivity contribution is 7.89. The van der Waals surface area contributed by atoms with Gasteiger partial charge in [0.2, 0.25) is 10.0 Å². The molecule has 3 aromatic rings. The summed E-state index contributed by atoms with van der Waals surface area (Å²) < 4.78 is 67.7. The van der Waals surface area contributed by atoms with Gasteiger partial charge in [-0.05, 0) is 37.3 Å². The highest BCUT2D eigenvalue weighted by Crippen LogP contribution is 2.35. The Morgan fingerprint density at radius 2 is 2.10 bits per heavy atom. The molecule has 4 heterocycles. The van der Waals surface area contributed by atoms with Gasteiger partial charge in [0, 0.05) is 25.1 Å². The van der Waals surface area contributed by atoms with Crippen LogP contribution in [-0.2, 0) is 16.2 Å². The molecule has 1 aliphatic rings. The van der Waals surface area contributed by atoms with E-state index in [1.54, 1.807) is 30.5 Å². The number of halogens is 3. The number of sulfonamides is 1. The maximum absolute atomic E-state index is 13.7. The topological polar surface area (TPSA) is 67.6 Å². The quantitative estimate of drug-likeness (QED) is 0.610. The van der Waals surface area contributed by atoms with Gasteiger partial charge in [-0.3, -0.25) is 0 Å². The molecule has 29 heavy (non-hydrogen) atoms. The highest BCUT2D eigenvalue weighted by atomic mass is 32.2. The molecule has 6 nitrogen and oxygen atoms in total. The largest absolute Gasteiger partial charge is 0.433 e. The van der Waals surface area contributed by atoms with Crippen LogP contribution in [0.25, 0.3) is 16.2 Å². The van der Waals surface area contributed by atoms with Crippen LogP contribution >= 0.6 is 11.3 Å². The second-order valence-electron chi connectivity index (χ2n) is 6.94. The van der Waals surface area contributed by atoms with Crippen LogP contribution in [0.3, 0.4) is 0 Å². The fourth-order valence-corrected chi connectivity index (χ4v) is 5.43.